The second-order valence-corrected chi connectivity index (χ2v) is 6.63. The number of benzene rings is 2. The number of ether oxygens (including phenoxy) is 2. The molecule has 2 aromatic rings. The van der Waals surface area contributed by atoms with Gasteiger partial charge in [-0.25, -0.2) is 14.0 Å². The molecule has 30 heavy (non-hydrogen) atoms. The van der Waals surface area contributed by atoms with Gasteiger partial charge in [0.1, 0.15) is 11.5 Å². The molecule has 0 atom stereocenters. The minimum atomic E-state index is -1.18. The number of urea groups is 1. The van der Waals surface area contributed by atoms with E-state index in [2.05, 4.69) is 5.32 Å². The van der Waals surface area contributed by atoms with E-state index >= 15 is 0 Å². The number of carboxylic acids is 1. The van der Waals surface area contributed by atoms with Gasteiger partial charge in [0.05, 0.1) is 18.7 Å². The standard InChI is InChI=1S/C20H16ClFN2O6/c1-29-16-8-12(6-14(21)18(16)30-10-17(25)26)7-15-19(27)24(20(28)23-15)9-11-2-4-13(22)5-3-11/h2-8H,9-10H2,1H3,(H,23,28)(H,25,26)/b15-7+. The Labute approximate surface area is 175 Å². The molecule has 2 aromatic carbocycles. The maximum atomic E-state index is 13.0. The number of hydrogen-bond donors (Lipinski definition) is 2. The van der Waals surface area contributed by atoms with Crippen molar-refractivity contribution in [1.29, 1.82) is 0 Å². The van der Waals surface area contributed by atoms with Gasteiger partial charge in [-0.3, -0.25) is 9.69 Å². The highest BCUT2D eigenvalue weighted by Gasteiger charge is 2.33. The van der Waals surface area contributed by atoms with Crippen molar-refractivity contribution < 1.29 is 33.4 Å². The first kappa shape index (κ1) is 21.1. The van der Waals surface area contributed by atoms with Crippen LogP contribution in [0.2, 0.25) is 5.02 Å². The van der Waals surface area contributed by atoms with Gasteiger partial charge >= 0.3 is 12.0 Å². The number of amides is 3. The van der Waals surface area contributed by atoms with Gasteiger partial charge in [0.25, 0.3) is 5.91 Å². The van der Waals surface area contributed by atoms with Gasteiger partial charge in [0.2, 0.25) is 0 Å². The molecular weight excluding hydrogens is 419 g/mol. The van der Waals surface area contributed by atoms with Crippen LogP contribution in [-0.2, 0) is 16.1 Å². The van der Waals surface area contributed by atoms with E-state index in [-0.39, 0.29) is 28.8 Å². The number of carboxylic acid groups (broad SMARTS) is 1. The van der Waals surface area contributed by atoms with Crippen molar-refractivity contribution in [2.75, 3.05) is 13.7 Å². The zero-order valence-electron chi connectivity index (χ0n) is 15.6. The zero-order valence-corrected chi connectivity index (χ0v) is 16.4. The fourth-order valence-corrected chi connectivity index (χ4v) is 3.03. The Kier molecular flexibility index (Phi) is 6.22. The molecule has 1 heterocycles. The molecule has 1 aliphatic rings. The first-order chi connectivity index (χ1) is 14.3. The minimum Gasteiger partial charge on any atom is -0.493 e. The average molecular weight is 435 g/mol. The van der Waals surface area contributed by atoms with Crippen LogP contribution in [0.4, 0.5) is 9.18 Å². The van der Waals surface area contributed by atoms with Crippen LogP contribution >= 0.6 is 11.6 Å². The SMILES string of the molecule is COc1cc(/C=C2/NC(=O)N(Cc3ccc(F)cc3)C2=O)cc(Cl)c1OCC(=O)O. The smallest absolute Gasteiger partial charge is 0.341 e. The summed E-state index contributed by atoms with van der Waals surface area (Å²) in [6, 6.07) is 7.76. The van der Waals surface area contributed by atoms with Crippen molar-refractivity contribution in [2.45, 2.75) is 6.54 Å². The molecule has 3 rings (SSSR count). The van der Waals surface area contributed by atoms with Gasteiger partial charge in [-0.1, -0.05) is 23.7 Å². The lowest BCUT2D eigenvalue weighted by atomic mass is 10.1. The summed E-state index contributed by atoms with van der Waals surface area (Å²) >= 11 is 6.16. The van der Waals surface area contributed by atoms with Crippen molar-refractivity contribution in [2.24, 2.45) is 0 Å². The van der Waals surface area contributed by atoms with Crippen LogP contribution in [0.15, 0.2) is 42.1 Å². The third-order valence-corrected chi connectivity index (χ3v) is 4.40. The van der Waals surface area contributed by atoms with Crippen LogP contribution in [0.1, 0.15) is 11.1 Å². The molecule has 1 fully saturated rings. The summed E-state index contributed by atoms with van der Waals surface area (Å²) in [5.41, 5.74) is 1.03. The van der Waals surface area contributed by atoms with Crippen LogP contribution in [0, 0.1) is 5.82 Å². The first-order valence-electron chi connectivity index (χ1n) is 8.59. The molecule has 3 amide bonds. The van der Waals surface area contributed by atoms with E-state index < -0.39 is 30.3 Å². The van der Waals surface area contributed by atoms with Gasteiger partial charge in [-0.15, -0.1) is 0 Å². The quantitative estimate of drug-likeness (QED) is 0.512. The van der Waals surface area contributed by atoms with Gasteiger partial charge < -0.3 is 19.9 Å². The molecule has 0 unspecified atom stereocenters. The Bertz CT molecular complexity index is 1040. The van der Waals surface area contributed by atoms with E-state index in [1.807, 2.05) is 0 Å². The summed E-state index contributed by atoms with van der Waals surface area (Å²) in [7, 11) is 1.35. The molecule has 0 radical (unpaired) electrons. The summed E-state index contributed by atoms with van der Waals surface area (Å²) < 4.78 is 23.3. The minimum absolute atomic E-state index is 0.0134. The number of rotatable bonds is 7. The van der Waals surface area contributed by atoms with Gasteiger partial charge in [-0.2, -0.15) is 0 Å². The third-order valence-electron chi connectivity index (χ3n) is 4.12. The van der Waals surface area contributed by atoms with Crippen LogP contribution in [0.25, 0.3) is 6.08 Å². The van der Waals surface area contributed by atoms with Crippen molar-refractivity contribution in [3.05, 3.63) is 64.1 Å². The molecule has 0 aliphatic carbocycles. The predicted octanol–water partition coefficient (Wildman–Crippen LogP) is 3.04. The number of halogens is 2. The highest BCUT2D eigenvalue weighted by Crippen LogP contribution is 2.37. The summed E-state index contributed by atoms with van der Waals surface area (Å²) in [6.45, 7) is -0.627. The Morgan fingerprint density at radius 2 is 1.97 bits per heavy atom. The number of imide groups is 1. The summed E-state index contributed by atoms with van der Waals surface area (Å²) in [4.78, 5) is 36.5. The van der Waals surface area contributed by atoms with E-state index in [0.717, 1.165) is 4.90 Å². The molecule has 0 spiro atoms. The van der Waals surface area contributed by atoms with Crippen molar-refractivity contribution >= 4 is 35.6 Å². The number of carbonyl (C=O) groups is 3. The maximum absolute atomic E-state index is 13.0. The lowest BCUT2D eigenvalue weighted by Crippen LogP contribution is -2.30. The van der Waals surface area contributed by atoms with Crippen molar-refractivity contribution in [3.63, 3.8) is 0 Å². The highest BCUT2D eigenvalue weighted by molar-refractivity contribution is 6.32. The molecule has 0 saturated carbocycles. The Hall–Kier alpha value is -3.59. The largest absolute Gasteiger partial charge is 0.493 e. The van der Waals surface area contributed by atoms with Gasteiger partial charge in [-0.05, 0) is 41.5 Å². The number of carbonyl (C=O) groups excluding carboxylic acids is 2. The topological polar surface area (TPSA) is 105 Å². The summed E-state index contributed by atoms with van der Waals surface area (Å²) in [6.07, 6.45) is 1.40. The van der Waals surface area contributed by atoms with Crippen LogP contribution in [0.5, 0.6) is 11.5 Å². The number of nitrogens with zero attached hydrogens (tertiary/aromatic N) is 1. The molecule has 0 bridgehead atoms. The predicted molar refractivity (Wildman–Crippen MR) is 105 cm³/mol. The lowest BCUT2D eigenvalue weighted by molar-refractivity contribution is -0.139. The van der Waals surface area contributed by atoms with E-state index in [9.17, 15) is 18.8 Å². The molecule has 2 N–H and O–H groups in total. The Morgan fingerprint density at radius 1 is 1.27 bits per heavy atom. The van der Waals surface area contributed by atoms with E-state index in [1.54, 1.807) is 0 Å². The number of nitrogens with one attached hydrogen (secondary N) is 1. The maximum Gasteiger partial charge on any atom is 0.341 e. The molecular formula is C20H16ClFN2O6. The molecule has 10 heteroatoms. The van der Waals surface area contributed by atoms with Crippen molar-refractivity contribution in [1.82, 2.24) is 10.2 Å². The number of methoxy groups -OCH3 is 1. The summed E-state index contributed by atoms with van der Waals surface area (Å²) in [5, 5.41) is 11.3. The van der Waals surface area contributed by atoms with Crippen LogP contribution in [0.3, 0.4) is 0 Å². The molecule has 156 valence electrons. The fraction of sp³-hybridized carbons (Fsp3) is 0.150. The zero-order chi connectivity index (χ0) is 21.8. The molecule has 0 aromatic heterocycles. The Balaban J connectivity index is 1.83. The fourth-order valence-electron chi connectivity index (χ4n) is 2.75. The van der Waals surface area contributed by atoms with Crippen LogP contribution in [-0.4, -0.2) is 41.6 Å². The molecule has 1 saturated heterocycles. The Morgan fingerprint density at radius 3 is 2.60 bits per heavy atom. The monoisotopic (exact) mass is 434 g/mol. The molecule has 8 nitrogen and oxygen atoms in total. The second-order valence-electron chi connectivity index (χ2n) is 6.22. The average Bonchev–Trinajstić information content (AvgIpc) is 2.95. The van der Waals surface area contributed by atoms with Gasteiger partial charge in [0.15, 0.2) is 18.1 Å². The van der Waals surface area contributed by atoms with E-state index in [0.29, 0.717) is 11.1 Å². The molecule has 1 aliphatic heterocycles. The lowest BCUT2D eigenvalue weighted by Gasteiger charge is -2.12. The summed E-state index contributed by atoms with van der Waals surface area (Å²) in [5.74, 6) is -1.96. The highest BCUT2D eigenvalue weighted by atomic mass is 35.5. The number of hydrogen-bond acceptors (Lipinski definition) is 5. The van der Waals surface area contributed by atoms with E-state index in [4.69, 9.17) is 26.2 Å². The normalized spacial score (nSPS) is 14.8. The third kappa shape index (κ3) is 4.69. The van der Waals surface area contributed by atoms with Gasteiger partial charge in [0, 0.05) is 0 Å². The number of aliphatic carboxylic acids is 1. The van der Waals surface area contributed by atoms with E-state index in [1.165, 1.54) is 49.6 Å². The first-order valence-corrected chi connectivity index (χ1v) is 8.97. The van der Waals surface area contributed by atoms with Crippen LogP contribution < -0.4 is 14.8 Å². The van der Waals surface area contributed by atoms with Crippen molar-refractivity contribution in [3.8, 4) is 11.5 Å². The second kappa shape index (κ2) is 8.83.